The number of anilines is 3. The predicted molar refractivity (Wildman–Crippen MR) is 106 cm³/mol. The van der Waals surface area contributed by atoms with Crippen LogP contribution in [0.1, 0.15) is 21.9 Å². The molecule has 1 amide bonds. The zero-order valence-corrected chi connectivity index (χ0v) is 15.6. The zero-order chi connectivity index (χ0) is 19.4. The number of hydrogen-bond acceptors (Lipinski definition) is 5. The summed E-state index contributed by atoms with van der Waals surface area (Å²) < 4.78 is 0. The summed E-state index contributed by atoms with van der Waals surface area (Å²) in [4.78, 5) is 21.0. The summed E-state index contributed by atoms with van der Waals surface area (Å²) in [7, 11) is 0. The highest BCUT2D eigenvalue weighted by molar-refractivity contribution is 6.43. The monoisotopic (exact) mass is 397 g/mol. The molecule has 0 unspecified atom stereocenters. The number of nitriles is 1. The smallest absolute Gasteiger partial charge is 0.274 e. The minimum atomic E-state index is -0.455. The number of hydrogen-bond donors (Lipinski definition) is 2. The Balaban J connectivity index is 1.88. The van der Waals surface area contributed by atoms with E-state index in [9.17, 15) is 4.79 Å². The summed E-state index contributed by atoms with van der Waals surface area (Å²) in [5.74, 6) is 0.339. The Kier molecular flexibility index (Phi) is 5.55. The Morgan fingerprint density at radius 2 is 1.81 bits per heavy atom. The van der Waals surface area contributed by atoms with Gasteiger partial charge in [0.2, 0.25) is 0 Å². The van der Waals surface area contributed by atoms with Crippen LogP contribution in [0.15, 0.2) is 48.5 Å². The summed E-state index contributed by atoms with van der Waals surface area (Å²) in [6, 6.07) is 15.4. The van der Waals surface area contributed by atoms with Gasteiger partial charge in [-0.15, -0.1) is 0 Å². The van der Waals surface area contributed by atoms with Crippen LogP contribution in [0.25, 0.3) is 0 Å². The molecule has 0 aliphatic rings. The normalized spacial score (nSPS) is 10.1. The lowest BCUT2D eigenvalue weighted by Gasteiger charge is -2.11. The number of nitrogens with one attached hydrogen (secondary N) is 2. The van der Waals surface area contributed by atoms with Crippen molar-refractivity contribution in [2.75, 3.05) is 10.6 Å². The van der Waals surface area contributed by atoms with Crippen LogP contribution < -0.4 is 10.6 Å². The number of para-hydroxylation sites is 1. The van der Waals surface area contributed by atoms with Crippen LogP contribution in [0.2, 0.25) is 10.0 Å². The van der Waals surface area contributed by atoms with Crippen LogP contribution in [-0.4, -0.2) is 15.9 Å². The first kappa shape index (κ1) is 18.6. The fourth-order valence-electron chi connectivity index (χ4n) is 2.36. The molecule has 27 heavy (non-hydrogen) atoms. The van der Waals surface area contributed by atoms with Crippen molar-refractivity contribution in [3.05, 3.63) is 75.7 Å². The molecule has 0 aliphatic heterocycles. The molecule has 0 radical (unpaired) electrons. The van der Waals surface area contributed by atoms with Crippen molar-refractivity contribution < 1.29 is 4.79 Å². The molecule has 0 saturated carbocycles. The maximum atomic E-state index is 12.6. The minimum Gasteiger partial charge on any atom is -0.339 e. The quantitative estimate of drug-likeness (QED) is 0.648. The third-order valence-electron chi connectivity index (χ3n) is 3.58. The highest BCUT2D eigenvalue weighted by atomic mass is 35.5. The van der Waals surface area contributed by atoms with E-state index >= 15 is 0 Å². The van der Waals surface area contributed by atoms with Gasteiger partial charge in [-0.1, -0.05) is 41.4 Å². The molecule has 6 nitrogen and oxygen atoms in total. The summed E-state index contributed by atoms with van der Waals surface area (Å²) in [5.41, 5.74) is 1.48. The third kappa shape index (κ3) is 4.34. The van der Waals surface area contributed by atoms with Crippen molar-refractivity contribution in [3.63, 3.8) is 0 Å². The van der Waals surface area contributed by atoms with Gasteiger partial charge in [0, 0.05) is 6.07 Å². The predicted octanol–water partition coefficient (Wildman–Crippen LogP) is 4.96. The maximum Gasteiger partial charge on any atom is 0.274 e. The molecule has 3 rings (SSSR count). The fraction of sp³-hybridized carbons (Fsp3) is 0.0526. The Hall–Kier alpha value is -3.14. The Morgan fingerprint density at radius 3 is 2.59 bits per heavy atom. The van der Waals surface area contributed by atoms with E-state index in [1.807, 2.05) is 6.07 Å². The molecule has 3 aromatic rings. The largest absolute Gasteiger partial charge is 0.339 e. The van der Waals surface area contributed by atoms with Gasteiger partial charge >= 0.3 is 0 Å². The number of halogens is 2. The Morgan fingerprint density at radius 1 is 1.07 bits per heavy atom. The second-order valence-corrected chi connectivity index (χ2v) is 6.31. The molecule has 0 saturated heterocycles. The van der Waals surface area contributed by atoms with E-state index in [2.05, 4.69) is 20.6 Å². The average molecular weight is 398 g/mol. The Bertz CT molecular complexity index is 1060. The van der Waals surface area contributed by atoms with Crippen LogP contribution in [0.5, 0.6) is 0 Å². The molecule has 2 N–H and O–H groups in total. The van der Waals surface area contributed by atoms with E-state index in [4.69, 9.17) is 28.5 Å². The van der Waals surface area contributed by atoms with E-state index in [1.54, 1.807) is 49.4 Å². The van der Waals surface area contributed by atoms with Gasteiger partial charge in [-0.05, 0) is 31.2 Å². The van der Waals surface area contributed by atoms with E-state index in [1.165, 1.54) is 6.07 Å². The van der Waals surface area contributed by atoms with E-state index in [0.29, 0.717) is 38.6 Å². The molecule has 0 atom stereocenters. The summed E-state index contributed by atoms with van der Waals surface area (Å²) in [6.45, 7) is 1.67. The molecule has 8 heteroatoms. The molecule has 0 fully saturated rings. The van der Waals surface area contributed by atoms with Gasteiger partial charge in [-0.2, -0.15) is 5.26 Å². The van der Waals surface area contributed by atoms with Gasteiger partial charge in [0.05, 0.1) is 27.0 Å². The SMILES string of the molecule is Cc1nc(Nc2cccc(Cl)c2Cl)cc(C(=O)Nc2ccccc2C#N)n1. The van der Waals surface area contributed by atoms with E-state index in [-0.39, 0.29) is 5.69 Å². The summed E-state index contributed by atoms with van der Waals surface area (Å²) in [5, 5.41) is 15.6. The van der Waals surface area contributed by atoms with Gasteiger partial charge in [0.1, 0.15) is 23.4 Å². The number of carbonyl (C=O) groups excluding carboxylic acids is 1. The number of aromatic nitrogens is 2. The maximum absolute atomic E-state index is 12.6. The molecule has 0 bridgehead atoms. The first-order valence-electron chi connectivity index (χ1n) is 7.85. The lowest BCUT2D eigenvalue weighted by Crippen LogP contribution is -2.16. The molecule has 0 spiro atoms. The van der Waals surface area contributed by atoms with Crippen molar-refractivity contribution in [1.82, 2.24) is 9.97 Å². The van der Waals surface area contributed by atoms with Gasteiger partial charge in [0.15, 0.2) is 0 Å². The highest BCUT2D eigenvalue weighted by Gasteiger charge is 2.14. The second-order valence-electron chi connectivity index (χ2n) is 5.52. The molecule has 0 aliphatic carbocycles. The molecular formula is C19H13Cl2N5O. The number of nitrogens with zero attached hydrogens (tertiary/aromatic N) is 3. The number of amides is 1. The molecule has 1 aromatic heterocycles. The van der Waals surface area contributed by atoms with E-state index < -0.39 is 5.91 Å². The van der Waals surface area contributed by atoms with Crippen LogP contribution in [-0.2, 0) is 0 Å². The highest BCUT2D eigenvalue weighted by Crippen LogP contribution is 2.31. The van der Waals surface area contributed by atoms with Crippen molar-refractivity contribution in [2.45, 2.75) is 6.92 Å². The van der Waals surface area contributed by atoms with Gasteiger partial charge < -0.3 is 10.6 Å². The van der Waals surface area contributed by atoms with Crippen molar-refractivity contribution in [1.29, 1.82) is 5.26 Å². The lowest BCUT2D eigenvalue weighted by atomic mass is 10.2. The molecule has 134 valence electrons. The third-order valence-corrected chi connectivity index (χ3v) is 4.40. The first-order valence-corrected chi connectivity index (χ1v) is 8.60. The summed E-state index contributed by atoms with van der Waals surface area (Å²) in [6.07, 6.45) is 0. The van der Waals surface area contributed by atoms with Gasteiger partial charge in [-0.25, -0.2) is 9.97 Å². The second kappa shape index (κ2) is 8.04. The van der Waals surface area contributed by atoms with Crippen molar-refractivity contribution in [2.24, 2.45) is 0 Å². The molecular weight excluding hydrogens is 385 g/mol. The van der Waals surface area contributed by atoms with E-state index in [0.717, 1.165) is 0 Å². The topological polar surface area (TPSA) is 90.7 Å². The molecule has 2 aromatic carbocycles. The van der Waals surface area contributed by atoms with Crippen LogP contribution >= 0.6 is 23.2 Å². The number of carbonyl (C=O) groups is 1. The fourth-order valence-corrected chi connectivity index (χ4v) is 2.71. The minimum absolute atomic E-state index is 0.149. The molecule has 1 heterocycles. The van der Waals surface area contributed by atoms with Crippen LogP contribution in [0, 0.1) is 18.3 Å². The zero-order valence-electron chi connectivity index (χ0n) is 14.1. The van der Waals surface area contributed by atoms with Crippen molar-refractivity contribution in [3.8, 4) is 6.07 Å². The Labute approximate surface area is 165 Å². The van der Waals surface area contributed by atoms with Crippen molar-refractivity contribution >= 4 is 46.3 Å². The number of rotatable bonds is 4. The van der Waals surface area contributed by atoms with Gasteiger partial charge in [-0.3, -0.25) is 4.79 Å². The van der Waals surface area contributed by atoms with Crippen LogP contribution in [0.3, 0.4) is 0 Å². The number of benzene rings is 2. The average Bonchev–Trinajstić information content (AvgIpc) is 2.65. The van der Waals surface area contributed by atoms with Gasteiger partial charge in [0.25, 0.3) is 5.91 Å². The lowest BCUT2D eigenvalue weighted by molar-refractivity contribution is 0.102. The van der Waals surface area contributed by atoms with Crippen LogP contribution in [0.4, 0.5) is 17.2 Å². The summed E-state index contributed by atoms with van der Waals surface area (Å²) >= 11 is 12.2. The number of aryl methyl sites for hydroxylation is 1. The first-order chi connectivity index (χ1) is 13.0. The standard InChI is InChI=1S/C19H13Cl2N5O/c1-11-23-16(19(27)26-14-7-3-2-5-12(14)10-22)9-17(24-11)25-15-8-4-6-13(20)18(15)21/h2-9H,1H3,(H,26,27)(H,23,24,25).